The quantitative estimate of drug-likeness (QED) is 0.302. The van der Waals surface area contributed by atoms with Gasteiger partial charge in [0.2, 0.25) is 0 Å². The molecular formula is C25H34N6O. The molecule has 3 aromatic rings. The van der Waals surface area contributed by atoms with E-state index in [0.29, 0.717) is 12.6 Å². The highest BCUT2D eigenvalue weighted by molar-refractivity contribution is 5.79. The van der Waals surface area contributed by atoms with E-state index in [-0.39, 0.29) is 0 Å². The highest BCUT2D eigenvalue weighted by Crippen LogP contribution is 2.28. The number of hydrogen-bond donors (Lipinski definition) is 2. The normalized spacial score (nSPS) is 14.8. The first-order valence-corrected chi connectivity index (χ1v) is 11.8. The van der Waals surface area contributed by atoms with Crippen molar-refractivity contribution >= 4 is 11.6 Å². The zero-order valence-corrected chi connectivity index (χ0v) is 19.2. The molecule has 0 spiro atoms. The van der Waals surface area contributed by atoms with E-state index in [0.717, 1.165) is 67.5 Å². The molecule has 32 heavy (non-hydrogen) atoms. The molecule has 0 aliphatic heterocycles. The van der Waals surface area contributed by atoms with Crippen LogP contribution in [0.4, 0.5) is 0 Å². The van der Waals surface area contributed by atoms with Crippen molar-refractivity contribution in [2.24, 2.45) is 4.99 Å². The van der Waals surface area contributed by atoms with Gasteiger partial charge < -0.3 is 15.4 Å². The van der Waals surface area contributed by atoms with Crippen LogP contribution in [0.2, 0.25) is 0 Å². The molecule has 2 aromatic heterocycles. The van der Waals surface area contributed by atoms with E-state index in [4.69, 9.17) is 9.73 Å². The SMILES string of the molecule is CCNC(=NCc1ccc(C)cc1OC1CCCC1)NCCCc1nnc2ccccn12. The topological polar surface area (TPSA) is 75.8 Å². The number of nitrogens with one attached hydrogen (secondary N) is 2. The monoisotopic (exact) mass is 434 g/mol. The maximum Gasteiger partial charge on any atom is 0.191 e. The third-order valence-corrected chi connectivity index (χ3v) is 5.82. The maximum absolute atomic E-state index is 6.33. The van der Waals surface area contributed by atoms with E-state index in [1.165, 1.54) is 18.4 Å². The lowest BCUT2D eigenvalue weighted by Crippen LogP contribution is -2.37. The third-order valence-electron chi connectivity index (χ3n) is 5.82. The van der Waals surface area contributed by atoms with Crippen LogP contribution in [0, 0.1) is 6.92 Å². The summed E-state index contributed by atoms with van der Waals surface area (Å²) in [5.41, 5.74) is 3.24. The van der Waals surface area contributed by atoms with Crippen LogP contribution < -0.4 is 15.4 Å². The van der Waals surface area contributed by atoms with E-state index in [2.05, 4.69) is 52.9 Å². The molecular weight excluding hydrogens is 400 g/mol. The molecule has 1 saturated carbocycles. The molecule has 0 atom stereocenters. The highest BCUT2D eigenvalue weighted by atomic mass is 16.5. The van der Waals surface area contributed by atoms with Crippen LogP contribution in [-0.2, 0) is 13.0 Å². The largest absolute Gasteiger partial charge is 0.490 e. The van der Waals surface area contributed by atoms with Crippen molar-refractivity contribution in [1.29, 1.82) is 0 Å². The smallest absolute Gasteiger partial charge is 0.191 e. The fourth-order valence-corrected chi connectivity index (χ4v) is 4.11. The zero-order chi connectivity index (χ0) is 22.2. The van der Waals surface area contributed by atoms with Crippen LogP contribution in [-0.4, -0.2) is 39.8 Å². The highest BCUT2D eigenvalue weighted by Gasteiger charge is 2.18. The Bertz CT molecular complexity index is 1040. The van der Waals surface area contributed by atoms with Crippen molar-refractivity contribution in [2.45, 2.75) is 65.0 Å². The van der Waals surface area contributed by atoms with Crippen LogP contribution in [0.3, 0.4) is 0 Å². The molecule has 1 aliphatic rings. The van der Waals surface area contributed by atoms with Gasteiger partial charge in [0.15, 0.2) is 11.6 Å². The second-order valence-corrected chi connectivity index (χ2v) is 8.41. The molecule has 1 fully saturated rings. The Labute approximate surface area is 190 Å². The number of benzene rings is 1. The first-order chi connectivity index (χ1) is 15.7. The number of guanidine groups is 1. The summed E-state index contributed by atoms with van der Waals surface area (Å²) in [6.07, 6.45) is 9.00. The second kappa shape index (κ2) is 11.0. The molecule has 0 radical (unpaired) electrons. The first kappa shape index (κ1) is 22.1. The molecule has 0 bridgehead atoms. The number of aliphatic imine (C=N–C) groups is 1. The van der Waals surface area contributed by atoms with Crippen LogP contribution >= 0.6 is 0 Å². The number of hydrogen-bond acceptors (Lipinski definition) is 4. The molecule has 1 aliphatic carbocycles. The van der Waals surface area contributed by atoms with Gasteiger partial charge in [0.25, 0.3) is 0 Å². The number of fused-ring (bicyclic) bond motifs is 1. The summed E-state index contributed by atoms with van der Waals surface area (Å²) in [7, 11) is 0. The van der Waals surface area contributed by atoms with Gasteiger partial charge in [-0.2, -0.15) is 0 Å². The van der Waals surface area contributed by atoms with E-state index < -0.39 is 0 Å². The van der Waals surface area contributed by atoms with Crippen LogP contribution in [0.25, 0.3) is 5.65 Å². The Morgan fingerprint density at radius 1 is 1.16 bits per heavy atom. The molecule has 2 N–H and O–H groups in total. The molecule has 0 amide bonds. The number of nitrogens with zero attached hydrogens (tertiary/aromatic N) is 4. The zero-order valence-electron chi connectivity index (χ0n) is 19.2. The van der Waals surface area contributed by atoms with Gasteiger partial charge in [-0.25, -0.2) is 4.99 Å². The van der Waals surface area contributed by atoms with Crippen LogP contribution in [0.5, 0.6) is 5.75 Å². The fraction of sp³-hybridized carbons (Fsp3) is 0.480. The van der Waals surface area contributed by atoms with E-state index in [9.17, 15) is 0 Å². The molecule has 7 heteroatoms. The summed E-state index contributed by atoms with van der Waals surface area (Å²) in [6, 6.07) is 12.4. The minimum atomic E-state index is 0.346. The predicted molar refractivity (Wildman–Crippen MR) is 128 cm³/mol. The standard InChI is InChI=1S/C25H34N6O/c1-3-26-25(27-15-8-12-24-30-29-23-11-6-7-16-31(23)24)28-18-20-14-13-19(2)17-22(20)32-21-9-4-5-10-21/h6-7,11,13-14,16-17,21H,3-5,8-10,12,15,18H2,1-2H3,(H2,26,27,28). The van der Waals surface area contributed by atoms with Gasteiger partial charge >= 0.3 is 0 Å². The number of pyridine rings is 1. The molecule has 0 saturated heterocycles. The minimum Gasteiger partial charge on any atom is -0.490 e. The molecule has 2 heterocycles. The van der Waals surface area contributed by atoms with Crippen LogP contribution in [0.15, 0.2) is 47.6 Å². The van der Waals surface area contributed by atoms with E-state index in [1.807, 2.05) is 28.8 Å². The lowest BCUT2D eigenvalue weighted by atomic mass is 10.1. The Morgan fingerprint density at radius 2 is 2.03 bits per heavy atom. The predicted octanol–water partition coefficient (Wildman–Crippen LogP) is 4.05. The van der Waals surface area contributed by atoms with Crippen molar-refractivity contribution in [2.75, 3.05) is 13.1 Å². The summed E-state index contributed by atoms with van der Waals surface area (Å²) in [5.74, 6) is 2.79. The Balaban J connectivity index is 1.33. The fourth-order valence-electron chi connectivity index (χ4n) is 4.11. The lowest BCUT2D eigenvalue weighted by molar-refractivity contribution is 0.208. The van der Waals surface area contributed by atoms with Gasteiger partial charge in [0.05, 0.1) is 12.6 Å². The van der Waals surface area contributed by atoms with Crippen molar-refractivity contribution < 1.29 is 4.74 Å². The summed E-state index contributed by atoms with van der Waals surface area (Å²) < 4.78 is 8.37. The summed E-state index contributed by atoms with van der Waals surface area (Å²) in [6.45, 7) is 6.41. The van der Waals surface area contributed by atoms with Crippen LogP contribution in [0.1, 0.15) is 56.0 Å². The van der Waals surface area contributed by atoms with E-state index >= 15 is 0 Å². The molecule has 7 nitrogen and oxygen atoms in total. The Morgan fingerprint density at radius 3 is 2.88 bits per heavy atom. The second-order valence-electron chi connectivity index (χ2n) is 8.41. The molecule has 170 valence electrons. The van der Waals surface area contributed by atoms with Crippen molar-refractivity contribution in [1.82, 2.24) is 25.2 Å². The molecule has 1 aromatic carbocycles. The maximum atomic E-state index is 6.33. The van der Waals surface area contributed by atoms with Gasteiger partial charge in [-0.15, -0.1) is 10.2 Å². The van der Waals surface area contributed by atoms with E-state index in [1.54, 1.807) is 0 Å². The number of aromatic nitrogens is 3. The summed E-state index contributed by atoms with van der Waals surface area (Å²) in [5, 5.41) is 15.3. The van der Waals surface area contributed by atoms with Gasteiger partial charge in [-0.1, -0.05) is 18.2 Å². The lowest BCUT2D eigenvalue weighted by Gasteiger charge is -2.17. The Hall–Kier alpha value is -3.09. The Kier molecular flexibility index (Phi) is 7.59. The minimum absolute atomic E-state index is 0.346. The van der Waals surface area contributed by atoms with Crippen molar-refractivity contribution in [3.05, 3.63) is 59.5 Å². The van der Waals surface area contributed by atoms with Gasteiger partial charge in [-0.05, 0) is 69.7 Å². The number of ether oxygens (including phenoxy) is 1. The first-order valence-electron chi connectivity index (χ1n) is 11.8. The van der Waals surface area contributed by atoms with Gasteiger partial charge in [0, 0.05) is 31.3 Å². The average Bonchev–Trinajstić information content (AvgIpc) is 3.46. The summed E-state index contributed by atoms with van der Waals surface area (Å²) in [4.78, 5) is 4.81. The average molecular weight is 435 g/mol. The van der Waals surface area contributed by atoms with Gasteiger partial charge in [0.1, 0.15) is 11.6 Å². The van der Waals surface area contributed by atoms with Gasteiger partial charge in [-0.3, -0.25) is 4.40 Å². The molecule has 4 rings (SSSR count). The van der Waals surface area contributed by atoms with Crippen molar-refractivity contribution in [3.8, 4) is 5.75 Å². The summed E-state index contributed by atoms with van der Waals surface area (Å²) >= 11 is 0. The number of aryl methyl sites for hydroxylation is 2. The number of rotatable bonds is 9. The third kappa shape index (κ3) is 5.78. The molecule has 0 unspecified atom stereocenters. The van der Waals surface area contributed by atoms with Crippen molar-refractivity contribution in [3.63, 3.8) is 0 Å².